The summed E-state index contributed by atoms with van der Waals surface area (Å²) in [5, 5.41) is 15.8. The smallest absolute Gasteiger partial charge is 0.427 e. The minimum absolute atomic E-state index is 0. The molecule has 2 atom stereocenters. The van der Waals surface area contributed by atoms with E-state index in [-0.39, 0.29) is 36.6 Å². The Hall–Kier alpha value is -3.03. The Morgan fingerprint density at radius 3 is 2.51 bits per heavy atom. The molecule has 8 heteroatoms. The van der Waals surface area contributed by atoms with Gasteiger partial charge < -0.3 is 19.5 Å². The molecule has 2 N–H and O–H groups in total. The maximum atomic E-state index is 11.7. The van der Waals surface area contributed by atoms with E-state index < -0.39 is 6.09 Å². The topological polar surface area (TPSA) is 83.4 Å². The summed E-state index contributed by atoms with van der Waals surface area (Å²) in [4.78, 5) is 14.2. The summed E-state index contributed by atoms with van der Waals surface area (Å²) in [5.74, 6) is 0.664. The van der Waals surface area contributed by atoms with Gasteiger partial charge in [0.15, 0.2) is 0 Å². The zero-order valence-corrected chi connectivity index (χ0v) is 21.1. The fourth-order valence-corrected chi connectivity index (χ4v) is 4.92. The average molecular weight is 500 g/mol. The molecule has 1 amide bonds. The van der Waals surface area contributed by atoms with Crippen LogP contribution in [0.1, 0.15) is 43.2 Å². The number of hydrogen-bond donors (Lipinski definition) is 2. The van der Waals surface area contributed by atoms with Crippen LogP contribution >= 0.6 is 12.4 Å². The number of benzene rings is 2. The quantitative estimate of drug-likeness (QED) is 0.394. The molecular formula is C27H34ClN3O4. The lowest BCUT2D eigenvalue weighted by atomic mass is 9.76. The number of hydrogen-bond acceptors (Lipinski definition) is 6. The molecule has 2 aromatic rings. The molecular weight excluding hydrogens is 466 g/mol. The molecule has 2 aliphatic heterocycles. The predicted octanol–water partition coefficient (Wildman–Crippen LogP) is 5.39. The van der Waals surface area contributed by atoms with Crippen LogP contribution in [0.15, 0.2) is 65.3 Å². The first kappa shape index (κ1) is 26.6. The van der Waals surface area contributed by atoms with Gasteiger partial charge >= 0.3 is 6.09 Å². The van der Waals surface area contributed by atoms with Gasteiger partial charge in [-0.15, -0.1) is 12.4 Å². The van der Waals surface area contributed by atoms with Crippen molar-refractivity contribution in [1.29, 1.82) is 0 Å². The molecule has 1 saturated heterocycles. The second-order valence-corrected chi connectivity index (χ2v) is 8.87. The number of para-hydroxylation sites is 1. The van der Waals surface area contributed by atoms with Gasteiger partial charge in [-0.3, -0.25) is 0 Å². The molecule has 2 aromatic carbocycles. The summed E-state index contributed by atoms with van der Waals surface area (Å²) < 4.78 is 10.8. The molecule has 0 aromatic heterocycles. The lowest BCUT2D eigenvalue weighted by Gasteiger charge is -2.37. The third-order valence-electron chi connectivity index (χ3n) is 6.72. The van der Waals surface area contributed by atoms with Crippen molar-refractivity contribution in [2.45, 2.75) is 32.1 Å². The minimum Gasteiger partial charge on any atom is -0.507 e. The maximum Gasteiger partial charge on any atom is 0.427 e. The van der Waals surface area contributed by atoms with Crippen molar-refractivity contribution in [3.63, 3.8) is 0 Å². The van der Waals surface area contributed by atoms with Crippen LogP contribution in [0.25, 0.3) is 5.76 Å². The summed E-state index contributed by atoms with van der Waals surface area (Å²) in [6.45, 7) is 5.03. The number of halogens is 1. The second-order valence-electron chi connectivity index (χ2n) is 8.87. The highest BCUT2D eigenvalue weighted by Crippen LogP contribution is 2.42. The van der Waals surface area contributed by atoms with E-state index in [0.29, 0.717) is 11.3 Å². The number of aliphatic hydroxyl groups is 1. The molecule has 4 rings (SSSR count). The van der Waals surface area contributed by atoms with E-state index in [2.05, 4.69) is 27.6 Å². The molecule has 0 bridgehead atoms. The Morgan fingerprint density at radius 1 is 1.11 bits per heavy atom. The molecule has 2 unspecified atom stereocenters. The first-order valence-corrected chi connectivity index (χ1v) is 11.9. The first-order valence-electron chi connectivity index (χ1n) is 11.9. The number of methoxy groups -OCH3 is 1. The zero-order valence-electron chi connectivity index (χ0n) is 20.3. The second kappa shape index (κ2) is 12.6. The molecule has 35 heavy (non-hydrogen) atoms. The van der Waals surface area contributed by atoms with Crippen LogP contribution in [0, 0.1) is 5.92 Å². The number of amides is 1. The summed E-state index contributed by atoms with van der Waals surface area (Å²) in [6.07, 6.45) is 2.98. The fraction of sp³-hybridized carbons (Fsp3) is 0.407. The van der Waals surface area contributed by atoms with Gasteiger partial charge in [0.05, 0.1) is 12.7 Å². The number of fused-ring (bicyclic) bond motifs is 1. The number of piperidine rings is 1. The third-order valence-corrected chi connectivity index (χ3v) is 6.72. The zero-order chi connectivity index (χ0) is 23.9. The summed E-state index contributed by atoms with van der Waals surface area (Å²) in [6, 6.07) is 17.7. The van der Waals surface area contributed by atoms with Crippen molar-refractivity contribution >= 4 is 30.0 Å². The Kier molecular flexibility index (Phi) is 9.57. The average Bonchev–Trinajstić information content (AvgIpc) is 2.89. The van der Waals surface area contributed by atoms with Crippen LogP contribution < -0.4 is 10.2 Å². The molecule has 7 nitrogen and oxygen atoms in total. The van der Waals surface area contributed by atoms with Gasteiger partial charge in [-0.1, -0.05) is 48.9 Å². The van der Waals surface area contributed by atoms with Crippen LogP contribution in [-0.4, -0.2) is 55.2 Å². The van der Waals surface area contributed by atoms with Gasteiger partial charge in [0.1, 0.15) is 18.1 Å². The largest absolute Gasteiger partial charge is 0.507 e. The van der Waals surface area contributed by atoms with Gasteiger partial charge in [0, 0.05) is 29.7 Å². The normalized spacial score (nSPS) is 17.9. The van der Waals surface area contributed by atoms with Gasteiger partial charge in [-0.25, -0.2) is 10.2 Å². The van der Waals surface area contributed by atoms with E-state index in [1.54, 1.807) is 0 Å². The van der Waals surface area contributed by atoms with E-state index in [9.17, 15) is 9.90 Å². The summed E-state index contributed by atoms with van der Waals surface area (Å²) in [7, 11) is 1.32. The Bertz CT molecular complexity index is 1050. The highest BCUT2D eigenvalue weighted by molar-refractivity contribution is 5.87. The van der Waals surface area contributed by atoms with Gasteiger partial charge in [0.25, 0.3) is 0 Å². The fourth-order valence-electron chi connectivity index (χ4n) is 4.92. The van der Waals surface area contributed by atoms with Crippen molar-refractivity contribution < 1.29 is 19.4 Å². The van der Waals surface area contributed by atoms with Crippen molar-refractivity contribution in [1.82, 2.24) is 10.3 Å². The maximum absolute atomic E-state index is 11.7. The standard InChI is InChI=1S/C27H33N3O4.ClH/c1-19(28-29-27(32)33-2)22(17-30-15-9-4-10-16-30)25(20-11-5-3-6-12-20)23-18-34-24-14-8-7-13-21(24)26(23)31;/h3,5-8,11-14,22,25,31H,4,9-10,15-18H2,1-2H3,(H,29,32);1H/b28-19+;. The molecule has 0 saturated carbocycles. The molecule has 0 aliphatic carbocycles. The van der Waals surface area contributed by atoms with E-state index in [1.807, 2.05) is 49.4 Å². The summed E-state index contributed by atoms with van der Waals surface area (Å²) >= 11 is 0. The Labute approximate surface area is 213 Å². The number of nitrogens with zero attached hydrogens (tertiary/aromatic N) is 2. The van der Waals surface area contributed by atoms with E-state index in [1.165, 1.54) is 26.4 Å². The third kappa shape index (κ3) is 6.35. The van der Waals surface area contributed by atoms with E-state index in [4.69, 9.17) is 9.47 Å². The molecule has 0 radical (unpaired) electrons. The van der Waals surface area contributed by atoms with Crippen LogP contribution in [0.4, 0.5) is 4.79 Å². The lowest BCUT2D eigenvalue weighted by Crippen LogP contribution is -2.40. The molecule has 2 aliphatic rings. The molecule has 1 fully saturated rings. The Balaban J connectivity index is 0.00000342. The number of likely N-dealkylation sites (tertiary alicyclic amines) is 1. The predicted molar refractivity (Wildman–Crippen MR) is 140 cm³/mol. The number of rotatable bonds is 7. The van der Waals surface area contributed by atoms with E-state index >= 15 is 0 Å². The summed E-state index contributed by atoms with van der Waals surface area (Å²) in [5.41, 5.74) is 5.84. The number of hydrazone groups is 1. The van der Waals surface area contributed by atoms with Crippen molar-refractivity contribution in [3.8, 4) is 5.75 Å². The van der Waals surface area contributed by atoms with Gasteiger partial charge in [0.2, 0.25) is 0 Å². The highest BCUT2D eigenvalue weighted by Gasteiger charge is 2.35. The lowest BCUT2D eigenvalue weighted by molar-refractivity contribution is 0.171. The highest BCUT2D eigenvalue weighted by atomic mass is 35.5. The first-order chi connectivity index (χ1) is 16.6. The van der Waals surface area contributed by atoms with Crippen molar-refractivity contribution in [3.05, 3.63) is 71.3 Å². The molecule has 0 spiro atoms. The number of ether oxygens (including phenoxy) is 2. The van der Waals surface area contributed by atoms with Gasteiger partial charge in [-0.2, -0.15) is 5.10 Å². The van der Waals surface area contributed by atoms with Crippen molar-refractivity contribution in [2.24, 2.45) is 11.0 Å². The monoisotopic (exact) mass is 499 g/mol. The minimum atomic E-state index is -0.607. The number of nitrogens with one attached hydrogen (secondary N) is 1. The Morgan fingerprint density at radius 2 is 1.80 bits per heavy atom. The number of aliphatic hydroxyl groups excluding tert-OH is 1. The van der Waals surface area contributed by atoms with Crippen LogP contribution in [0.2, 0.25) is 0 Å². The van der Waals surface area contributed by atoms with Crippen LogP contribution in [0.3, 0.4) is 0 Å². The van der Waals surface area contributed by atoms with Crippen molar-refractivity contribution in [2.75, 3.05) is 33.4 Å². The molecule has 188 valence electrons. The van der Waals surface area contributed by atoms with E-state index in [0.717, 1.165) is 36.5 Å². The number of carbonyl (C=O) groups is 1. The number of carbonyl (C=O) groups excluding carboxylic acids is 1. The molecule has 2 heterocycles. The van der Waals surface area contributed by atoms with Gasteiger partial charge in [-0.05, 0) is 50.6 Å². The van der Waals surface area contributed by atoms with Crippen LogP contribution in [-0.2, 0) is 4.74 Å². The van der Waals surface area contributed by atoms with Crippen LogP contribution in [0.5, 0.6) is 5.75 Å². The SMILES string of the molecule is COC(=O)N/N=C(\C)C(CN1CCCCC1)C(C1=C(O)c2ccccc2OC1)c1ccccc1.Cl.